The monoisotopic (exact) mass is 389 g/mol. The van der Waals surface area contributed by atoms with Crippen LogP contribution in [0, 0.1) is 6.92 Å². The molecule has 6 nitrogen and oxygen atoms in total. The lowest BCUT2D eigenvalue weighted by atomic mass is 10.1. The molecule has 1 saturated heterocycles. The Morgan fingerprint density at radius 2 is 1.78 bits per heavy atom. The highest BCUT2D eigenvalue weighted by atomic mass is 35.5. The fraction of sp³-hybridized carbons (Fsp3) is 0.350. The number of piperazine rings is 1. The molecule has 0 bridgehead atoms. The molecular weight excluding hydrogens is 366 g/mol. The van der Waals surface area contributed by atoms with Crippen LogP contribution in [0.3, 0.4) is 0 Å². The fourth-order valence-electron chi connectivity index (χ4n) is 3.22. The van der Waals surface area contributed by atoms with Gasteiger partial charge in [0, 0.05) is 43.0 Å². The highest BCUT2D eigenvalue weighted by Gasteiger charge is 2.23. The van der Waals surface area contributed by atoms with Gasteiger partial charge in [-0.25, -0.2) is 4.79 Å². The van der Waals surface area contributed by atoms with Crippen molar-refractivity contribution < 1.29 is 14.3 Å². The highest BCUT2D eigenvalue weighted by Crippen LogP contribution is 2.29. The van der Waals surface area contributed by atoms with Gasteiger partial charge in [-0.1, -0.05) is 11.6 Å². The molecule has 0 aromatic heterocycles. The van der Waals surface area contributed by atoms with E-state index in [1.807, 2.05) is 23.1 Å². The van der Waals surface area contributed by atoms with Crippen LogP contribution in [0.2, 0.25) is 5.02 Å². The number of hydrogen-bond donors (Lipinski definition) is 1. The molecule has 144 valence electrons. The molecule has 1 aliphatic heterocycles. The first-order valence-electron chi connectivity index (χ1n) is 8.81. The van der Waals surface area contributed by atoms with Crippen LogP contribution in [0.4, 0.5) is 16.2 Å². The van der Waals surface area contributed by atoms with Crippen LogP contribution >= 0.6 is 11.6 Å². The molecule has 0 atom stereocenters. The summed E-state index contributed by atoms with van der Waals surface area (Å²) in [6, 6.07) is 11.1. The summed E-state index contributed by atoms with van der Waals surface area (Å²) in [5, 5.41) is 3.67. The summed E-state index contributed by atoms with van der Waals surface area (Å²) in [5.41, 5.74) is 2.93. The fourth-order valence-corrected chi connectivity index (χ4v) is 3.45. The highest BCUT2D eigenvalue weighted by molar-refractivity contribution is 6.30. The number of halogens is 1. The van der Waals surface area contributed by atoms with Crippen LogP contribution in [0.25, 0.3) is 0 Å². The molecule has 0 spiro atoms. The second kappa shape index (κ2) is 8.39. The van der Waals surface area contributed by atoms with Crippen LogP contribution in [0.5, 0.6) is 11.5 Å². The van der Waals surface area contributed by atoms with Crippen molar-refractivity contribution in [2.24, 2.45) is 0 Å². The minimum Gasteiger partial charge on any atom is -0.497 e. The van der Waals surface area contributed by atoms with Gasteiger partial charge in [-0.05, 0) is 42.8 Å². The van der Waals surface area contributed by atoms with Gasteiger partial charge in [0.1, 0.15) is 11.5 Å². The standard InChI is InChI=1S/C20H24ClN3O3/c1-14-12-15(21)4-7-18(14)23-8-10-24(11-9-23)20(25)22-17-6-5-16(26-2)13-19(17)27-3/h4-7,12-13H,8-11H2,1-3H3,(H,22,25). The van der Waals surface area contributed by atoms with Crippen LogP contribution in [0.1, 0.15) is 5.56 Å². The Bertz CT molecular complexity index is 820. The Morgan fingerprint density at radius 3 is 2.41 bits per heavy atom. The molecule has 2 aromatic rings. The molecule has 1 fully saturated rings. The average molecular weight is 390 g/mol. The van der Waals surface area contributed by atoms with E-state index >= 15 is 0 Å². The number of carbonyl (C=O) groups is 1. The van der Waals surface area contributed by atoms with Crippen molar-refractivity contribution in [2.45, 2.75) is 6.92 Å². The van der Waals surface area contributed by atoms with Crippen molar-refractivity contribution in [1.82, 2.24) is 4.90 Å². The number of anilines is 2. The van der Waals surface area contributed by atoms with Crippen LogP contribution in [-0.2, 0) is 0 Å². The van der Waals surface area contributed by atoms with Crippen molar-refractivity contribution in [3.05, 3.63) is 47.0 Å². The van der Waals surface area contributed by atoms with E-state index in [2.05, 4.69) is 17.1 Å². The average Bonchev–Trinajstić information content (AvgIpc) is 2.68. The number of urea groups is 1. The van der Waals surface area contributed by atoms with Gasteiger partial charge < -0.3 is 24.6 Å². The van der Waals surface area contributed by atoms with E-state index in [0.717, 1.165) is 29.4 Å². The summed E-state index contributed by atoms with van der Waals surface area (Å²) in [7, 11) is 3.16. The third-order valence-corrected chi connectivity index (χ3v) is 4.95. The summed E-state index contributed by atoms with van der Waals surface area (Å²) >= 11 is 6.04. The number of methoxy groups -OCH3 is 2. The maximum atomic E-state index is 12.6. The Kier molecular flexibility index (Phi) is 5.96. The summed E-state index contributed by atoms with van der Waals surface area (Å²) in [5.74, 6) is 1.25. The molecule has 3 rings (SSSR count). The normalized spacial score (nSPS) is 14.1. The number of nitrogens with zero attached hydrogens (tertiary/aromatic N) is 2. The van der Waals surface area contributed by atoms with Crippen molar-refractivity contribution in [3.63, 3.8) is 0 Å². The molecule has 2 aromatic carbocycles. The zero-order chi connectivity index (χ0) is 19.4. The van der Waals surface area contributed by atoms with Gasteiger partial charge in [0.05, 0.1) is 19.9 Å². The Hall–Kier alpha value is -2.60. The molecule has 2 amide bonds. The van der Waals surface area contributed by atoms with Crippen LogP contribution < -0.4 is 19.7 Å². The maximum absolute atomic E-state index is 12.6. The second-order valence-corrected chi connectivity index (χ2v) is 6.84. The maximum Gasteiger partial charge on any atom is 0.322 e. The molecule has 1 heterocycles. The lowest BCUT2D eigenvalue weighted by Gasteiger charge is -2.36. The predicted octanol–water partition coefficient (Wildman–Crippen LogP) is 4.02. The molecule has 1 N–H and O–H groups in total. The molecular formula is C20H24ClN3O3. The molecule has 0 saturated carbocycles. The number of nitrogens with one attached hydrogen (secondary N) is 1. The van der Waals surface area contributed by atoms with Gasteiger partial charge in [0.15, 0.2) is 0 Å². The van der Waals surface area contributed by atoms with Gasteiger partial charge in [0.2, 0.25) is 0 Å². The summed E-state index contributed by atoms with van der Waals surface area (Å²) in [4.78, 5) is 16.7. The second-order valence-electron chi connectivity index (χ2n) is 6.40. The predicted molar refractivity (Wildman–Crippen MR) is 109 cm³/mol. The van der Waals surface area contributed by atoms with Crippen molar-refractivity contribution >= 4 is 29.0 Å². The topological polar surface area (TPSA) is 54.0 Å². The first-order valence-corrected chi connectivity index (χ1v) is 9.18. The Balaban J connectivity index is 1.62. The zero-order valence-corrected chi connectivity index (χ0v) is 16.5. The number of hydrogen-bond acceptors (Lipinski definition) is 4. The smallest absolute Gasteiger partial charge is 0.322 e. The lowest BCUT2D eigenvalue weighted by molar-refractivity contribution is 0.208. The summed E-state index contributed by atoms with van der Waals surface area (Å²) < 4.78 is 10.5. The molecule has 0 aliphatic carbocycles. The third kappa shape index (κ3) is 4.39. The van der Waals surface area contributed by atoms with E-state index in [4.69, 9.17) is 21.1 Å². The molecule has 0 radical (unpaired) electrons. The summed E-state index contributed by atoms with van der Waals surface area (Å²) in [6.45, 7) is 4.89. The van der Waals surface area contributed by atoms with Gasteiger partial charge in [0.25, 0.3) is 0 Å². The molecule has 27 heavy (non-hydrogen) atoms. The van der Waals surface area contributed by atoms with Gasteiger partial charge in [-0.3, -0.25) is 0 Å². The van der Waals surface area contributed by atoms with E-state index in [1.165, 1.54) is 0 Å². The van der Waals surface area contributed by atoms with Crippen LogP contribution in [-0.4, -0.2) is 51.3 Å². The number of ether oxygens (including phenoxy) is 2. The SMILES string of the molecule is COc1ccc(NC(=O)N2CCN(c3ccc(Cl)cc3C)CC2)c(OC)c1. The van der Waals surface area contributed by atoms with Crippen molar-refractivity contribution in [1.29, 1.82) is 0 Å². The first-order chi connectivity index (χ1) is 13.0. The van der Waals surface area contributed by atoms with Gasteiger partial charge in [-0.15, -0.1) is 0 Å². The van der Waals surface area contributed by atoms with Gasteiger partial charge in [-0.2, -0.15) is 0 Å². The van der Waals surface area contributed by atoms with Crippen molar-refractivity contribution in [2.75, 3.05) is 50.6 Å². The number of aryl methyl sites for hydroxylation is 1. The number of carbonyl (C=O) groups excluding carboxylic acids is 1. The number of amides is 2. The van der Waals surface area contributed by atoms with E-state index in [-0.39, 0.29) is 6.03 Å². The molecule has 1 aliphatic rings. The summed E-state index contributed by atoms with van der Waals surface area (Å²) in [6.07, 6.45) is 0. The van der Waals surface area contributed by atoms with Crippen molar-refractivity contribution in [3.8, 4) is 11.5 Å². The van der Waals surface area contributed by atoms with E-state index in [9.17, 15) is 4.79 Å². The quantitative estimate of drug-likeness (QED) is 0.858. The van der Waals surface area contributed by atoms with E-state index < -0.39 is 0 Å². The number of benzene rings is 2. The molecule has 7 heteroatoms. The minimum absolute atomic E-state index is 0.133. The third-order valence-electron chi connectivity index (χ3n) is 4.72. The van der Waals surface area contributed by atoms with E-state index in [1.54, 1.807) is 32.4 Å². The number of rotatable bonds is 4. The zero-order valence-electron chi connectivity index (χ0n) is 15.8. The Labute approximate surface area is 164 Å². The Morgan fingerprint density at radius 1 is 1.04 bits per heavy atom. The lowest BCUT2D eigenvalue weighted by Crippen LogP contribution is -2.50. The largest absolute Gasteiger partial charge is 0.497 e. The van der Waals surface area contributed by atoms with Gasteiger partial charge >= 0.3 is 6.03 Å². The van der Waals surface area contributed by atoms with E-state index in [0.29, 0.717) is 30.3 Å². The minimum atomic E-state index is -0.133. The first kappa shape index (κ1) is 19.2. The van der Waals surface area contributed by atoms with Crippen LogP contribution in [0.15, 0.2) is 36.4 Å². The molecule has 0 unspecified atom stereocenters.